The lowest BCUT2D eigenvalue weighted by atomic mass is 9.50. The molecule has 1 saturated heterocycles. The number of Topliss-reactive ketones (excluding diaryl/α,β-unsaturated/α-hetero) is 1. The van der Waals surface area contributed by atoms with E-state index in [0.29, 0.717) is 38.0 Å². The molecule has 2 aliphatic heterocycles. The van der Waals surface area contributed by atoms with E-state index >= 15 is 0 Å². The van der Waals surface area contributed by atoms with Crippen LogP contribution in [-0.2, 0) is 31.0 Å². The average molecular weight is 680 g/mol. The van der Waals surface area contributed by atoms with Crippen LogP contribution in [0.25, 0.3) is 0 Å². The molecular formula is C40H57NO8. The van der Waals surface area contributed by atoms with E-state index in [0.717, 1.165) is 43.2 Å². The zero-order chi connectivity index (χ0) is 35.0. The van der Waals surface area contributed by atoms with E-state index in [9.17, 15) is 29.7 Å². The van der Waals surface area contributed by atoms with Gasteiger partial charge in [-0.3, -0.25) is 14.4 Å². The van der Waals surface area contributed by atoms with Crippen LogP contribution >= 0.6 is 0 Å². The molecule has 0 saturated carbocycles. The molecule has 1 aromatic rings. The molecule has 0 unspecified atom stereocenters. The summed E-state index contributed by atoms with van der Waals surface area (Å²) in [5.41, 5.74) is -0.345. The van der Waals surface area contributed by atoms with E-state index in [-0.39, 0.29) is 36.2 Å². The van der Waals surface area contributed by atoms with Gasteiger partial charge in [0, 0.05) is 30.9 Å². The van der Waals surface area contributed by atoms with Crippen LogP contribution in [0.5, 0.6) is 11.5 Å². The summed E-state index contributed by atoms with van der Waals surface area (Å²) < 4.78 is 12.3. The molecule has 5 rings (SSSR count). The first-order valence-corrected chi connectivity index (χ1v) is 18.9. The van der Waals surface area contributed by atoms with Crippen molar-refractivity contribution < 1.29 is 39.2 Å². The van der Waals surface area contributed by atoms with Crippen LogP contribution in [0.1, 0.15) is 134 Å². The number of hydrogen-bond donors (Lipinski definition) is 3. The van der Waals surface area contributed by atoms with Crippen LogP contribution in [0.3, 0.4) is 0 Å². The molecule has 0 radical (unpaired) electrons. The number of rotatable bonds is 21. The van der Waals surface area contributed by atoms with E-state index in [2.05, 4.69) is 24.0 Å². The highest BCUT2D eigenvalue weighted by Crippen LogP contribution is 2.65. The smallest absolute Gasteiger partial charge is 0.315 e. The van der Waals surface area contributed by atoms with Gasteiger partial charge in [0.15, 0.2) is 17.6 Å². The largest absolute Gasteiger partial charge is 0.504 e. The third-order valence-electron chi connectivity index (χ3n) is 11.5. The van der Waals surface area contributed by atoms with Crippen molar-refractivity contribution in [3.8, 4) is 11.5 Å². The topological polar surface area (TPSA) is 134 Å². The second kappa shape index (κ2) is 16.7. The highest BCUT2D eigenvalue weighted by molar-refractivity contribution is 5.87. The Morgan fingerprint density at radius 1 is 1.00 bits per heavy atom. The van der Waals surface area contributed by atoms with Crippen molar-refractivity contribution in [1.82, 2.24) is 4.90 Å². The summed E-state index contributed by atoms with van der Waals surface area (Å²) in [4.78, 5) is 40.3. The van der Waals surface area contributed by atoms with Gasteiger partial charge in [0.25, 0.3) is 0 Å². The molecule has 1 aromatic carbocycles. The number of allylic oxidation sites excluding steroid dienone is 2. The number of ether oxygens (including phenoxy) is 2. The number of aliphatic carboxylic acids is 1. The number of carboxylic acid groups (broad SMARTS) is 1. The number of hydrogen-bond acceptors (Lipinski definition) is 8. The molecule has 0 aromatic heterocycles. The minimum Gasteiger partial charge on any atom is -0.504 e. The summed E-state index contributed by atoms with van der Waals surface area (Å²) in [6.07, 6.45) is 21.5. The fourth-order valence-electron chi connectivity index (χ4n) is 8.86. The summed E-state index contributed by atoms with van der Waals surface area (Å²) in [5.74, 6) is -2.74. The molecular weight excluding hydrogens is 622 g/mol. The third-order valence-corrected chi connectivity index (χ3v) is 11.5. The number of nitrogens with zero attached hydrogens (tertiary/aromatic N) is 1. The SMILES string of the molecule is CCCCCCCC/C=C/CCCCCCCC(=O)C[C@@H](CC(=O)O)C(=O)OC1=CC[C@@]2(O)[C@H]3Cc4ccc(O)c5c4[C@@]2(CCN3C)[C@H]1O5. The van der Waals surface area contributed by atoms with Gasteiger partial charge in [0.2, 0.25) is 0 Å². The highest BCUT2D eigenvalue weighted by atomic mass is 16.6. The molecule has 2 aliphatic carbocycles. The van der Waals surface area contributed by atoms with Crippen LogP contribution in [0.2, 0.25) is 0 Å². The van der Waals surface area contributed by atoms with E-state index < -0.39 is 41.4 Å². The molecule has 9 heteroatoms. The number of ketones is 1. The molecule has 1 fully saturated rings. The van der Waals surface area contributed by atoms with Gasteiger partial charge in [0.05, 0.1) is 23.4 Å². The van der Waals surface area contributed by atoms with Crippen LogP contribution in [0.15, 0.2) is 36.1 Å². The minimum atomic E-state index is -1.20. The lowest BCUT2D eigenvalue weighted by molar-refractivity contribution is -0.171. The van der Waals surface area contributed by atoms with E-state index in [4.69, 9.17) is 9.47 Å². The van der Waals surface area contributed by atoms with Crippen LogP contribution in [0, 0.1) is 5.92 Å². The number of carbonyl (C=O) groups is 3. The molecule has 2 bridgehead atoms. The van der Waals surface area contributed by atoms with E-state index in [1.165, 1.54) is 44.9 Å². The zero-order valence-electron chi connectivity index (χ0n) is 29.6. The molecule has 0 amide bonds. The Morgan fingerprint density at radius 2 is 1.67 bits per heavy atom. The van der Waals surface area contributed by atoms with Gasteiger partial charge in [-0.2, -0.15) is 0 Å². The van der Waals surface area contributed by atoms with Gasteiger partial charge in [-0.15, -0.1) is 0 Å². The lowest BCUT2D eigenvalue weighted by Gasteiger charge is -2.61. The Hall–Kier alpha value is -3.17. The average Bonchev–Trinajstić information content (AvgIpc) is 3.43. The maximum atomic E-state index is 13.5. The number of likely N-dealkylation sites (N-methyl/N-ethyl adjacent to an activating group) is 1. The van der Waals surface area contributed by atoms with Crippen molar-refractivity contribution in [3.63, 3.8) is 0 Å². The van der Waals surface area contributed by atoms with Gasteiger partial charge in [-0.1, -0.05) is 76.5 Å². The summed E-state index contributed by atoms with van der Waals surface area (Å²) in [6.45, 7) is 2.93. The summed E-state index contributed by atoms with van der Waals surface area (Å²) in [5, 5.41) is 32.6. The van der Waals surface area contributed by atoms with Crippen molar-refractivity contribution in [2.45, 2.75) is 152 Å². The number of benzene rings is 1. The van der Waals surface area contributed by atoms with Crippen molar-refractivity contribution in [2.75, 3.05) is 13.6 Å². The van der Waals surface area contributed by atoms with Gasteiger partial charge in [-0.25, -0.2) is 0 Å². The second-order valence-electron chi connectivity index (χ2n) is 14.9. The van der Waals surface area contributed by atoms with Crippen LogP contribution < -0.4 is 4.74 Å². The van der Waals surface area contributed by atoms with Crippen molar-refractivity contribution in [2.24, 2.45) is 5.92 Å². The van der Waals surface area contributed by atoms with Gasteiger partial charge in [0.1, 0.15) is 11.5 Å². The number of phenolic OH excluding ortho intramolecular Hbond substituents is 1. The molecule has 2 heterocycles. The number of esters is 1. The number of phenols is 1. The number of piperidine rings is 1. The Kier molecular flexibility index (Phi) is 12.6. The number of aliphatic hydroxyl groups is 1. The monoisotopic (exact) mass is 679 g/mol. The predicted octanol–water partition coefficient (Wildman–Crippen LogP) is 7.30. The molecule has 1 spiro atoms. The van der Waals surface area contributed by atoms with E-state index in [1.807, 2.05) is 13.1 Å². The standard InChI is InChI=1S/C40H57NO8/c1-3-4-5-6-7-8-9-10-11-12-13-14-15-16-17-18-30(42)25-29(27-34(44)45)38(46)48-32-21-22-40(47)33-26-28-19-20-31(43)36-35(28)39(40,37(32)49-36)23-24-41(33)2/h10-11,19-21,29,33,37,43,47H,3-9,12-18,22-27H2,1-2H3,(H,44,45)/b11-10+/t29-,33+,37-,39-,40+/m0/s1. The Bertz CT molecular complexity index is 1400. The quantitative estimate of drug-likeness (QED) is 0.0695. The Balaban J connectivity index is 1.10. The zero-order valence-corrected chi connectivity index (χ0v) is 29.6. The highest BCUT2D eigenvalue weighted by Gasteiger charge is 2.72. The summed E-state index contributed by atoms with van der Waals surface area (Å²) in [6, 6.07) is 3.29. The fraction of sp³-hybridized carbons (Fsp3) is 0.675. The number of carbonyl (C=O) groups excluding carboxylic acids is 2. The molecule has 49 heavy (non-hydrogen) atoms. The predicted molar refractivity (Wildman–Crippen MR) is 188 cm³/mol. The Morgan fingerprint density at radius 3 is 2.37 bits per heavy atom. The first-order valence-electron chi connectivity index (χ1n) is 18.9. The van der Waals surface area contributed by atoms with Crippen LogP contribution in [-0.4, -0.2) is 69.3 Å². The van der Waals surface area contributed by atoms with Crippen molar-refractivity contribution in [3.05, 3.63) is 47.2 Å². The van der Waals surface area contributed by atoms with Gasteiger partial charge < -0.3 is 29.7 Å². The summed E-state index contributed by atoms with van der Waals surface area (Å²) in [7, 11) is 2.00. The number of carboxylic acids is 1. The van der Waals surface area contributed by atoms with Gasteiger partial charge >= 0.3 is 11.9 Å². The molecule has 9 nitrogen and oxygen atoms in total. The molecule has 3 N–H and O–H groups in total. The molecule has 5 atom stereocenters. The number of likely N-dealkylation sites (tertiary alicyclic amines) is 1. The van der Waals surface area contributed by atoms with Crippen molar-refractivity contribution >= 4 is 17.7 Å². The molecule has 4 aliphatic rings. The van der Waals surface area contributed by atoms with E-state index in [1.54, 1.807) is 12.1 Å². The normalized spacial score (nSPS) is 25.8. The maximum absolute atomic E-state index is 13.5. The maximum Gasteiger partial charge on any atom is 0.315 e. The first-order chi connectivity index (χ1) is 23.6. The number of unbranched alkanes of at least 4 members (excludes halogenated alkanes) is 11. The fourth-order valence-corrected chi connectivity index (χ4v) is 8.86. The van der Waals surface area contributed by atoms with Crippen molar-refractivity contribution in [1.29, 1.82) is 0 Å². The van der Waals surface area contributed by atoms with Gasteiger partial charge in [-0.05, 0) is 76.2 Å². The third kappa shape index (κ3) is 7.93. The Labute approximate surface area is 291 Å². The summed E-state index contributed by atoms with van der Waals surface area (Å²) >= 11 is 0. The second-order valence-corrected chi connectivity index (χ2v) is 14.9. The first kappa shape index (κ1) is 37.1. The van der Waals surface area contributed by atoms with Crippen LogP contribution in [0.4, 0.5) is 0 Å². The minimum absolute atomic E-state index is 0.0297. The lowest BCUT2D eigenvalue weighted by Crippen LogP contribution is -2.74. The molecule has 270 valence electrons. The number of aromatic hydroxyl groups is 1.